The number of nitrogens with two attached hydrogens (primary N) is 1. The van der Waals surface area contributed by atoms with E-state index in [9.17, 15) is 4.79 Å². The van der Waals surface area contributed by atoms with E-state index in [0.717, 1.165) is 10.6 Å². The van der Waals surface area contributed by atoms with Crippen molar-refractivity contribution in [2.75, 3.05) is 24.8 Å². The Hall–Kier alpha value is -1.04. The maximum atomic E-state index is 12.3. The molecule has 2 atom stereocenters. The molecule has 1 aliphatic heterocycles. The maximum absolute atomic E-state index is 12.3. The average Bonchev–Trinajstić information content (AvgIpc) is 2.71. The molecule has 2 rings (SSSR count). The average molecular weight is 266 g/mol. The molecular weight excluding hydrogens is 248 g/mol. The smallest absolute Gasteiger partial charge is 0.234 e. The van der Waals surface area contributed by atoms with Crippen molar-refractivity contribution in [2.45, 2.75) is 17.9 Å². The Labute approximate surface area is 111 Å². The van der Waals surface area contributed by atoms with Crippen LogP contribution in [-0.2, 0) is 9.53 Å². The van der Waals surface area contributed by atoms with Gasteiger partial charge in [0.2, 0.25) is 5.91 Å². The number of hydrogen-bond donors (Lipinski definition) is 2. The lowest BCUT2D eigenvalue weighted by atomic mass is 9.85. The lowest BCUT2D eigenvalue weighted by molar-refractivity contribution is -0.125. The third-order valence-corrected chi connectivity index (χ3v) is 4.19. The summed E-state index contributed by atoms with van der Waals surface area (Å²) < 4.78 is 5.30. The molecule has 0 spiro atoms. The monoisotopic (exact) mass is 266 g/mol. The first-order valence-corrected chi connectivity index (χ1v) is 7.08. The van der Waals surface area contributed by atoms with Crippen LogP contribution in [0.1, 0.15) is 6.92 Å². The fourth-order valence-corrected chi connectivity index (χ4v) is 2.49. The predicted molar refractivity (Wildman–Crippen MR) is 73.8 cm³/mol. The minimum Gasteiger partial charge on any atom is -0.379 e. The zero-order valence-electron chi connectivity index (χ0n) is 10.6. The number of anilines is 1. The van der Waals surface area contributed by atoms with E-state index in [1.165, 1.54) is 0 Å². The Kier molecular flexibility index (Phi) is 3.94. The van der Waals surface area contributed by atoms with Gasteiger partial charge in [-0.25, -0.2) is 0 Å². The van der Waals surface area contributed by atoms with Crippen LogP contribution >= 0.6 is 11.8 Å². The Morgan fingerprint density at radius 3 is 2.89 bits per heavy atom. The van der Waals surface area contributed by atoms with Gasteiger partial charge < -0.3 is 15.8 Å². The van der Waals surface area contributed by atoms with Crippen molar-refractivity contribution in [2.24, 2.45) is 11.1 Å². The molecule has 1 fully saturated rings. The molecule has 1 amide bonds. The molecule has 0 aliphatic carbocycles. The molecule has 1 aromatic rings. The Morgan fingerprint density at radius 1 is 1.56 bits per heavy atom. The van der Waals surface area contributed by atoms with Gasteiger partial charge in [-0.2, -0.15) is 0 Å². The Bertz CT molecular complexity index is 452. The van der Waals surface area contributed by atoms with Gasteiger partial charge in [-0.3, -0.25) is 4.79 Å². The van der Waals surface area contributed by atoms with Crippen molar-refractivity contribution < 1.29 is 9.53 Å². The number of hydrogen-bond acceptors (Lipinski definition) is 4. The number of thioether (sulfide) groups is 1. The van der Waals surface area contributed by atoms with Crippen molar-refractivity contribution in [3.63, 3.8) is 0 Å². The number of para-hydroxylation sites is 1. The van der Waals surface area contributed by atoms with E-state index < -0.39 is 5.41 Å². The van der Waals surface area contributed by atoms with Crippen molar-refractivity contribution >= 4 is 23.4 Å². The number of amides is 1. The van der Waals surface area contributed by atoms with Crippen LogP contribution in [0.15, 0.2) is 29.2 Å². The lowest BCUT2D eigenvalue weighted by Gasteiger charge is -2.25. The molecule has 3 N–H and O–H groups in total. The molecule has 98 valence electrons. The van der Waals surface area contributed by atoms with E-state index in [1.54, 1.807) is 11.8 Å². The molecule has 1 heterocycles. The van der Waals surface area contributed by atoms with Gasteiger partial charge in [-0.1, -0.05) is 12.1 Å². The number of carbonyl (C=O) groups is 1. The van der Waals surface area contributed by atoms with E-state index in [2.05, 4.69) is 5.32 Å². The fraction of sp³-hybridized carbons (Fsp3) is 0.462. The number of carbonyl (C=O) groups excluding carboxylic acids is 1. The molecule has 18 heavy (non-hydrogen) atoms. The summed E-state index contributed by atoms with van der Waals surface area (Å²) in [6.45, 7) is 2.66. The standard InChI is InChI=1S/C13H18N2O2S/c1-13(8-17-7-11(13)14)12(16)15-9-5-3-4-6-10(9)18-2/h3-6,11H,7-8,14H2,1-2H3,(H,15,16). The van der Waals surface area contributed by atoms with Gasteiger partial charge >= 0.3 is 0 Å². The van der Waals surface area contributed by atoms with Gasteiger partial charge in [0.25, 0.3) is 0 Å². The van der Waals surface area contributed by atoms with E-state index in [4.69, 9.17) is 10.5 Å². The molecule has 1 aliphatic rings. The summed E-state index contributed by atoms with van der Waals surface area (Å²) in [5.41, 5.74) is 6.13. The third-order valence-electron chi connectivity index (χ3n) is 3.39. The van der Waals surface area contributed by atoms with Crippen LogP contribution in [0, 0.1) is 5.41 Å². The minimum atomic E-state index is -0.647. The number of rotatable bonds is 3. The Balaban J connectivity index is 2.16. The van der Waals surface area contributed by atoms with Crippen LogP contribution in [0.3, 0.4) is 0 Å². The molecule has 1 saturated heterocycles. The summed E-state index contributed by atoms with van der Waals surface area (Å²) >= 11 is 1.60. The van der Waals surface area contributed by atoms with Crippen LogP contribution in [0.4, 0.5) is 5.69 Å². The summed E-state index contributed by atoms with van der Waals surface area (Å²) in [4.78, 5) is 13.4. The van der Waals surface area contributed by atoms with E-state index in [-0.39, 0.29) is 11.9 Å². The summed E-state index contributed by atoms with van der Waals surface area (Å²) in [5.74, 6) is -0.0750. The molecule has 2 unspecified atom stereocenters. The van der Waals surface area contributed by atoms with Gasteiger partial charge in [-0.05, 0) is 25.3 Å². The van der Waals surface area contributed by atoms with E-state index in [1.807, 2.05) is 37.4 Å². The summed E-state index contributed by atoms with van der Waals surface area (Å²) in [5, 5.41) is 2.95. The van der Waals surface area contributed by atoms with Gasteiger partial charge in [0.05, 0.1) is 24.3 Å². The lowest BCUT2D eigenvalue weighted by Crippen LogP contribution is -2.47. The second-order valence-corrected chi connectivity index (χ2v) is 5.54. The largest absolute Gasteiger partial charge is 0.379 e. The number of nitrogens with one attached hydrogen (secondary N) is 1. The third kappa shape index (κ3) is 2.39. The zero-order chi connectivity index (χ0) is 13.2. The summed E-state index contributed by atoms with van der Waals surface area (Å²) in [6, 6.07) is 7.48. The second-order valence-electron chi connectivity index (χ2n) is 4.69. The maximum Gasteiger partial charge on any atom is 0.234 e. The van der Waals surface area contributed by atoms with Crippen LogP contribution in [0.2, 0.25) is 0 Å². The highest BCUT2D eigenvalue weighted by molar-refractivity contribution is 7.98. The highest BCUT2D eigenvalue weighted by Gasteiger charge is 2.44. The fourth-order valence-electron chi connectivity index (χ4n) is 1.94. The van der Waals surface area contributed by atoms with Crippen LogP contribution in [-0.4, -0.2) is 31.4 Å². The summed E-state index contributed by atoms with van der Waals surface area (Å²) in [7, 11) is 0. The van der Waals surface area contributed by atoms with E-state index >= 15 is 0 Å². The SMILES string of the molecule is CSc1ccccc1NC(=O)C1(C)COCC1N. The normalized spacial score (nSPS) is 27.2. The van der Waals surface area contributed by atoms with Crippen LogP contribution in [0.5, 0.6) is 0 Å². The van der Waals surface area contributed by atoms with Crippen LogP contribution < -0.4 is 11.1 Å². The summed E-state index contributed by atoms with van der Waals surface area (Å²) in [6.07, 6.45) is 1.98. The highest BCUT2D eigenvalue weighted by Crippen LogP contribution is 2.31. The molecule has 0 saturated carbocycles. The molecular formula is C13H18N2O2S. The first kappa shape index (κ1) is 13.4. The van der Waals surface area contributed by atoms with Crippen molar-refractivity contribution in [1.82, 2.24) is 0 Å². The minimum absolute atomic E-state index is 0.0750. The van der Waals surface area contributed by atoms with Crippen molar-refractivity contribution in [3.8, 4) is 0 Å². The van der Waals surface area contributed by atoms with Gasteiger partial charge in [-0.15, -0.1) is 11.8 Å². The zero-order valence-corrected chi connectivity index (χ0v) is 11.4. The first-order chi connectivity index (χ1) is 8.58. The number of benzene rings is 1. The molecule has 0 bridgehead atoms. The second kappa shape index (κ2) is 5.30. The molecule has 1 aromatic carbocycles. The van der Waals surface area contributed by atoms with Crippen molar-refractivity contribution in [3.05, 3.63) is 24.3 Å². The van der Waals surface area contributed by atoms with Gasteiger partial charge in [0.1, 0.15) is 0 Å². The molecule has 0 aromatic heterocycles. The first-order valence-electron chi connectivity index (χ1n) is 5.86. The quantitative estimate of drug-likeness (QED) is 0.818. The van der Waals surface area contributed by atoms with Crippen LogP contribution in [0.25, 0.3) is 0 Å². The number of ether oxygens (including phenoxy) is 1. The Morgan fingerprint density at radius 2 is 2.28 bits per heavy atom. The van der Waals surface area contributed by atoms with Crippen molar-refractivity contribution in [1.29, 1.82) is 0 Å². The van der Waals surface area contributed by atoms with Gasteiger partial charge in [0, 0.05) is 10.9 Å². The predicted octanol–water partition coefficient (Wildman–Crippen LogP) is 1.71. The molecule has 4 nitrogen and oxygen atoms in total. The molecule has 5 heteroatoms. The van der Waals surface area contributed by atoms with E-state index in [0.29, 0.717) is 13.2 Å². The van der Waals surface area contributed by atoms with Gasteiger partial charge in [0.15, 0.2) is 0 Å². The highest BCUT2D eigenvalue weighted by atomic mass is 32.2. The topological polar surface area (TPSA) is 64.3 Å². The molecule has 0 radical (unpaired) electrons.